The number of nitrogens with one attached hydrogen (secondary N) is 1. The number of benzene rings is 3. The number of nitrogens with zero attached hydrogens (tertiary/aromatic N) is 1. The standard InChI is InChI=1S/C24H14Br2Cl2N2O4/c25-17-10-14(11-18(26)21(17)34-12-13-5-7-15(27)8-6-13)9-16-22(31)29-24(33)30(23(16)32)20-4-2-1-3-19(20)28/h1-11H,12H2,(H,29,31,33)/b16-9+. The van der Waals surface area contributed by atoms with Gasteiger partial charge >= 0.3 is 6.03 Å². The van der Waals surface area contributed by atoms with E-state index in [0.717, 1.165) is 10.5 Å². The average molecular weight is 625 g/mol. The maximum atomic E-state index is 13.1. The molecule has 0 bridgehead atoms. The first kappa shape index (κ1) is 24.5. The topological polar surface area (TPSA) is 75.7 Å². The summed E-state index contributed by atoms with van der Waals surface area (Å²) >= 11 is 19.0. The number of anilines is 1. The maximum absolute atomic E-state index is 13.1. The highest BCUT2D eigenvalue weighted by molar-refractivity contribution is 9.11. The number of urea groups is 1. The van der Waals surface area contributed by atoms with Gasteiger partial charge in [-0.1, -0.05) is 47.5 Å². The lowest BCUT2D eigenvalue weighted by Crippen LogP contribution is -2.54. The van der Waals surface area contributed by atoms with E-state index in [1.807, 2.05) is 12.1 Å². The van der Waals surface area contributed by atoms with E-state index < -0.39 is 17.8 Å². The van der Waals surface area contributed by atoms with Crippen LogP contribution in [0.5, 0.6) is 5.75 Å². The largest absolute Gasteiger partial charge is 0.487 e. The fourth-order valence-electron chi connectivity index (χ4n) is 3.21. The van der Waals surface area contributed by atoms with Gasteiger partial charge in [0.15, 0.2) is 0 Å². The molecule has 0 spiro atoms. The van der Waals surface area contributed by atoms with Crippen molar-refractivity contribution in [2.24, 2.45) is 0 Å². The molecule has 3 aromatic carbocycles. The van der Waals surface area contributed by atoms with Crippen LogP contribution in [0, 0.1) is 0 Å². The molecule has 4 amide bonds. The molecular formula is C24H14Br2Cl2N2O4. The van der Waals surface area contributed by atoms with Crippen LogP contribution in [0.15, 0.2) is 75.2 Å². The highest BCUT2D eigenvalue weighted by Gasteiger charge is 2.37. The summed E-state index contributed by atoms with van der Waals surface area (Å²) in [5.74, 6) is -1.03. The average Bonchev–Trinajstić information content (AvgIpc) is 2.78. The van der Waals surface area contributed by atoms with Gasteiger partial charge in [-0.25, -0.2) is 9.69 Å². The second-order valence-electron chi connectivity index (χ2n) is 7.14. The van der Waals surface area contributed by atoms with E-state index in [1.54, 1.807) is 42.5 Å². The number of hydrogen-bond acceptors (Lipinski definition) is 4. The summed E-state index contributed by atoms with van der Waals surface area (Å²) in [4.78, 5) is 38.8. The van der Waals surface area contributed by atoms with Crippen molar-refractivity contribution < 1.29 is 19.1 Å². The Hall–Kier alpha value is -2.65. The minimum atomic E-state index is -0.867. The summed E-state index contributed by atoms with van der Waals surface area (Å²) in [6.07, 6.45) is 1.40. The summed E-state index contributed by atoms with van der Waals surface area (Å²) in [6.45, 7) is 0.310. The second kappa shape index (κ2) is 10.3. The molecule has 34 heavy (non-hydrogen) atoms. The number of rotatable bonds is 5. The second-order valence-corrected chi connectivity index (χ2v) is 9.69. The van der Waals surface area contributed by atoms with Gasteiger partial charge in [0.05, 0.1) is 19.7 Å². The number of para-hydroxylation sites is 1. The normalized spacial score (nSPS) is 15.0. The third-order valence-electron chi connectivity index (χ3n) is 4.82. The van der Waals surface area contributed by atoms with Crippen LogP contribution >= 0.6 is 55.1 Å². The van der Waals surface area contributed by atoms with Crippen LogP contribution in [-0.2, 0) is 16.2 Å². The van der Waals surface area contributed by atoms with E-state index in [1.165, 1.54) is 12.1 Å². The van der Waals surface area contributed by atoms with Crippen LogP contribution in [0.1, 0.15) is 11.1 Å². The lowest BCUT2D eigenvalue weighted by Gasteiger charge is -2.27. The van der Waals surface area contributed by atoms with E-state index >= 15 is 0 Å². The van der Waals surface area contributed by atoms with Gasteiger partial charge in [0.25, 0.3) is 11.8 Å². The van der Waals surface area contributed by atoms with Crippen LogP contribution in [0.2, 0.25) is 10.0 Å². The van der Waals surface area contributed by atoms with Gasteiger partial charge in [0, 0.05) is 5.02 Å². The zero-order chi connectivity index (χ0) is 24.4. The Labute approximate surface area is 221 Å². The zero-order valence-electron chi connectivity index (χ0n) is 17.2. The molecule has 0 radical (unpaired) electrons. The Balaban J connectivity index is 1.61. The van der Waals surface area contributed by atoms with Crippen molar-refractivity contribution in [2.75, 3.05) is 4.90 Å². The van der Waals surface area contributed by atoms with Gasteiger partial charge in [-0.3, -0.25) is 14.9 Å². The first-order chi connectivity index (χ1) is 16.2. The number of imide groups is 2. The van der Waals surface area contributed by atoms with Crippen LogP contribution in [0.3, 0.4) is 0 Å². The van der Waals surface area contributed by atoms with Gasteiger partial charge in [-0.15, -0.1) is 0 Å². The molecule has 6 nitrogen and oxygen atoms in total. The molecule has 3 aromatic rings. The molecule has 10 heteroatoms. The van der Waals surface area contributed by atoms with Gasteiger partial charge in [-0.2, -0.15) is 0 Å². The summed E-state index contributed by atoms with van der Waals surface area (Å²) in [7, 11) is 0. The predicted molar refractivity (Wildman–Crippen MR) is 138 cm³/mol. The van der Waals surface area contributed by atoms with E-state index in [9.17, 15) is 14.4 Å². The van der Waals surface area contributed by atoms with Crippen LogP contribution < -0.4 is 15.0 Å². The van der Waals surface area contributed by atoms with Crippen molar-refractivity contribution in [2.45, 2.75) is 6.61 Å². The van der Waals surface area contributed by atoms with Crippen molar-refractivity contribution in [1.29, 1.82) is 0 Å². The number of barbiturate groups is 1. The number of hydrogen-bond donors (Lipinski definition) is 1. The van der Waals surface area contributed by atoms with E-state index in [4.69, 9.17) is 27.9 Å². The molecular weight excluding hydrogens is 611 g/mol. The first-order valence-corrected chi connectivity index (χ1v) is 12.1. The lowest BCUT2D eigenvalue weighted by molar-refractivity contribution is -0.122. The van der Waals surface area contributed by atoms with Crippen molar-refractivity contribution in [3.05, 3.63) is 96.4 Å². The Kier molecular flexibility index (Phi) is 7.42. The molecule has 1 fully saturated rings. The molecule has 0 saturated carbocycles. The van der Waals surface area contributed by atoms with Crippen molar-refractivity contribution >= 4 is 84.7 Å². The Morgan fingerprint density at radius 2 is 1.59 bits per heavy atom. The van der Waals surface area contributed by atoms with Crippen LogP contribution in [0.25, 0.3) is 6.08 Å². The molecule has 1 N–H and O–H groups in total. The van der Waals surface area contributed by atoms with Crippen molar-refractivity contribution in [3.63, 3.8) is 0 Å². The Morgan fingerprint density at radius 1 is 0.941 bits per heavy atom. The first-order valence-electron chi connectivity index (χ1n) is 9.77. The SMILES string of the molecule is O=C1NC(=O)N(c2ccccc2Cl)C(=O)/C1=C/c1cc(Br)c(OCc2ccc(Cl)cc2)c(Br)c1. The van der Waals surface area contributed by atoms with Gasteiger partial charge in [0.2, 0.25) is 0 Å². The van der Waals surface area contributed by atoms with Crippen molar-refractivity contribution in [3.8, 4) is 5.75 Å². The van der Waals surface area contributed by atoms with E-state index in [0.29, 0.717) is 31.9 Å². The summed E-state index contributed by atoms with van der Waals surface area (Å²) < 4.78 is 7.12. The van der Waals surface area contributed by atoms with Gasteiger partial charge in [-0.05, 0) is 85.5 Å². The highest BCUT2D eigenvalue weighted by atomic mass is 79.9. The maximum Gasteiger partial charge on any atom is 0.335 e. The van der Waals surface area contributed by atoms with Crippen LogP contribution in [0.4, 0.5) is 10.5 Å². The summed E-state index contributed by atoms with van der Waals surface area (Å²) in [6, 6.07) is 16.2. The molecule has 1 aliphatic rings. The molecule has 172 valence electrons. The van der Waals surface area contributed by atoms with Gasteiger partial charge in [0.1, 0.15) is 17.9 Å². The van der Waals surface area contributed by atoms with Crippen molar-refractivity contribution in [1.82, 2.24) is 5.32 Å². The molecule has 0 unspecified atom stereocenters. The van der Waals surface area contributed by atoms with Gasteiger partial charge < -0.3 is 4.74 Å². The predicted octanol–water partition coefficient (Wildman–Crippen LogP) is 6.76. The monoisotopic (exact) mass is 622 g/mol. The number of amides is 4. The molecule has 0 atom stereocenters. The Morgan fingerprint density at radius 3 is 2.24 bits per heavy atom. The van der Waals surface area contributed by atoms with Crippen LogP contribution in [-0.4, -0.2) is 17.8 Å². The minimum Gasteiger partial charge on any atom is -0.487 e. The highest BCUT2D eigenvalue weighted by Crippen LogP contribution is 2.36. The summed E-state index contributed by atoms with van der Waals surface area (Å²) in [5.41, 5.74) is 1.43. The fourth-order valence-corrected chi connectivity index (χ4v) is 5.01. The number of carbonyl (C=O) groups is 3. The number of halogens is 4. The molecule has 0 aromatic heterocycles. The molecule has 1 saturated heterocycles. The number of carbonyl (C=O) groups excluding carboxylic acids is 3. The van der Waals surface area contributed by atoms with E-state index in [-0.39, 0.29) is 16.3 Å². The smallest absolute Gasteiger partial charge is 0.335 e. The molecule has 1 heterocycles. The molecule has 1 aliphatic heterocycles. The fraction of sp³-hybridized carbons (Fsp3) is 0.0417. The summed E-state index contributed by atoms with van der Waals surface area (Å²) in [5, 5.41) is 3.02. The Bertz CT molecular complexity index is 1320. The number of ether oxygens (including phenoxy) is 1. The third kappa shape index (κ3) is 5.20. The third-order valence-corrected chi connectivity index (χ3v) is 6.57. The minimum absolute atomic E-state index is 0.179. The molecule has 0 aliphatic carbocycles. The lowest BCUT2D eigenvalue weighted by atomic mass is 10.1. The molecule has 4 rings (SSSR count). The quantitative estimate of drug-likeness (QED) is 0.251. The van der Waals surface area contributed by atoms with E-state index in [2.05, 4.69) is 37.2 Å². The zero-order valence-corrected chi connectivity index (χ0v) is 21.8.